The van der Waals surface area contributed by atoms with Gasteiger partial charge >= 0.3 is 0 Å². The third-order valence-electron chi connectivity index (χ3n) is 10.0. The van der Waals surface area contributed by atoms with Crippen molar-refractivity contribution >= 4 is 50.3 Å². The van der Waals surface area contributed by atoms with Crippen LogP contribution in [0, 0.1) is 17.8 Å². The number of carbonyl (C=O) groups excluding carboxylic acids is 3. The van der Waals surface area contributed by atoms with E-state index in [4.69, 9.17) is 23.9 Å². The molecule has 246 valence electrons. The van der Waals surface area contributed by atoms with Gasteiger partial charge in [0.05, 0.1) is 30.6 Å². The highest BCUT2D eigenvalue weighted by Gasteiger charge is 2.38. The lowest BCUT2D eigenvalue weighted by atomic mass is 9.81. The lowest BCUT2D eigenvalue weighted by Gasteiger charge is -2.32. The summed E-state index contributed by atoms with van der Waals surface area (Å²) in [5.74, 6) is 1.78. The number of rotatable bonds is 8. The molecule has 2 aromatic heterocycles. The molecule has 2 fully saturated rings. The minimum Gasteiger partial charge on any atom is -0.493 e. The molecule has 1 saturated carbocycles. The highest BCUT2D eigenvalue weighted by atomic mass is 16.7. The first-order valence-electron chi connectivity index (χ1n) is 16.1. The molecule has 12 heteroatoms. The smallest absolute Gasteiger partial charge is 0.259 e. The first-order chi connectivity index (χ1) is 22.7. The summed E-state index contributed by atoms with van der Waals surface area (Å²) in [6.07, 6.45) is 5.00. The van der Waals surface area contributed by atoms with E-state index in [0.717, 1.165) is 23.6 Å². The molecule has 3 amide bonds. The fourth-order valence-electron chi connectivity index (χ4n) is 7.36. The standard InChI is InChI=1S/C35H38N4O8/c1-19-11-31(40)39(33(19)41)17-20-5-7-21(8-6-20)34(42)37(2)9-10-38-32-24-14-29-30(47-18-46-29)15-26(24)36-16-25(32)22-12-27(44-3)28(45-4)13-23(22)35(38)43/h12-16,19-21H,5-11,17-18H2,1-4H3. The van der Waals surface area contributed by atoms with Crippen LogP contribution < -0.4 is 24.5 Å². The Hall–Kier alpha value is -4.87. The molecule has 1 unspecified atom stereocenters. The molecule has 1 atom stereocenters. The summed E-state index contributed by atoms with van der Waals surface area (Å²) in [5.41, 5.74) is 1.11. The first kappa shape index (κ1) is 30.8. The lowest BCUT2D eigenvalue weighted by molar-refractivity contribution is -0.141. The van der Waals surface area contributed by atoms with Gasteiger partial charge in [-0.3, -0.25) is 29.1 Å². The van der Waals surface area contributed by atoms with Crippen LogP contribution in [0.5, 0.6) is 23.0 Å². The number of hydrogen-bond donors (Lipinski definition) is 0. The van der Waals surface area contributed by atoms with E-state index in [9.17, 15) is 19.2 Å². The van der Waals surface area contributed by atoms with Crippen LogP contribution in [0.4, 0.5) is 0 Å². The van der Waals surface area contributed by atoms with Gasteiger partial charge < -0.3 is 28.4 Å². The number of methoxy groups -OCH3 is 2. The number of amides is 3. The van der Waals surface area contributed by atoms with Crippen molar-refractivity contribution in [2.45, 2.75) is 45.6 Å². The van der Waals surface area contributed by atoms with E-state index in [0.29, 0.717) is 70.7 Å². The largest absolute Gasteiger partial charge is 0.493 e. The third kappa shape index (κ3) is 5.29. The number of benzene rings is 2. The summed E-state index contributed by atoms with van der Waals surface area (Å²) in [7, 11) is 4.86. The van der Waals surface area contributed by atoms with Crippen molar-refractivity contribution in [2.24, 2.45) is 17.8 Å². The van der Waals surface area contributed by atoms with Crippen LogP contribution in [0.25, 0.3) is 32.6 Å². The van der Waals surface area contributed by atoms with Crippen molar-refractivity contribution < 1.29 is 33.3 Å². The van der Waals surface area contributed by atoms with Gasteiger partial charge in [-0.05, 0) is 49.8 Å². The third-order valence-corrected chi connectivity index (χ3v) is 10.0. The van der Waals surface area contributed by atoms with Crippen molar-refractivity contribution in [1.82, 2.24) is 19.4 Å². The summed E-state index contributed by atoms with van der Waals surface area (Å²) in [4.78, 5) is 60.4. The number of carbonyl (C=O) groups is 3. The number of aromatic nitrogens is 2. The van der Waals surface area contributed by atoms with Crippen molar-refractivity contribution in [3.8, 4) is 23.0 Å². The van der Waals surface area contributed by atoms with Gasteiger partial charge in [0.15, 0.2) is 23.0 Å². The average Bonchev–Trinajstić information content (AvgIpc) is 3.64. The van der Waals surface area contributed by atoms with Crippen LogP contribution in [0.1, 0.15) is 39.0 Å². The second-order valence-electron chi connectivity index (χ2n) is 12.9. The van der Waals surface area contributed by atoms with Crippen LogP contribution in [0.15, 0.2) is 35.3 Å². The average molecular weight is 643 g/mol. The maximum Gasteiger partial charge on any atom is 0.259 e. The molecule has 0 radical (unpaired) electrons. The molecule has 4 aromatic rings. The molecule has 47 heavy (non-hydrogen) atoms. The Kier molecular flexibility index (Phi) is 7.89. The monoisotopic (exact) mass is 642 g/mol. The molecule has 0 bridgehead atoms. The van der Waals surface area contributed by atoms with E-state index >= 15 is 0 Å². The van der Waals surface area contributed by atoms with Gasteiger partial charge in [0.2, 0.25) is 24.5 Å². The summed E-state index contributed by atoms with van der Waals surface area (Å²) < 4.78 is 24.0. The van der Waals surface area contributed by atoms with E-state index in [-0.39, 0.29) is 60.8 Å². The van der Waals surface area contributed by atoms with Crippen LogP contribution in [0.2, 0.25) is 0 Å². The van der Waals surface area contributed by atoms with Gasteiger partial charge in [-0.15, -0.1) is 0 Å². The SMILES string of the molecule is COc1cc2c(=O)n(CCN(C)C(=O)C3CCC(CN4C(=O)CC(C)C4=O)CC3)c3c4cc5c(cc4ncc3c2cc1OC)OCO5. The van der Waals surface area contributed by atoms with E-state index in [1.54, 1.807) is 48.9 Å². The first-order valence-corrected chi connectivity index (χ1v) is 16.1. The molecule has 12 nitrogen and oxygen atoms in total. The topological polar surface area (TPSA) is 130 Å². The number of hydrogen-bond acceptors (Lipinski definition) is 9. The fraction of sp³-hybridized carbons (Fsp3) is 0.457. The van der Waals surface area contributed by atoms with E-state index in [1.807, 2.05) is 12.1 Å². The highest BCUT2D eigenvalue weighted by Crippen LogP contribution is 2.40. The summed E-state index contributed by atoms with van der Waals surface area (Å²) in [5, 5.41) is 2.62. The summed E-state index contributed by atoms with van der Waals surface area (Å²) in [6, 6.07) is 7.15. The Morgan fingerprint density at radius 2 is 1.62 bits per heavy atom. The number of imide groups is 1. The minimum atomic E-state index is -0.247. The molecule has 3 aliphatic rings. The van der Waals surface area contributed by atoms with Crippen molar-refractivity contribution in [1.29, 1.82) is 0 Å². The zero-order valence-electron chi connectivity index (χ0n) is 27.0. The number of fused-ring (bicyclic) bond motifs is 6. The van der Waals surface area contributed by atoms with Crippen molar-refractivity contribution in [3.63, 3.8) is 0 Å². The Balaban J connectivity index is 1.16. The molecule has 2 aromatic carbocycles. The van der Waals surface area contributed by atoms with E-state index in [1.165, 1.54) is 12.0 Å². The number of ether oxygens (including phenoxy) is 4. The van der Waals surface area contributed by atoms with Gasteiger partial charge in [0.1, 0.15) is 0 Å². The number of likely N-dealkylation sites (tertiary alicyclic amines) is 1. The van der Waals surface area contributed by atoms with E-state index in [2.05, 4.69) is 0 Å². The Morgan fingerprint density at radius 1 is 0.936 bits per heavy atom. The zero-order valence-corrected chi connectivity index (χ0v) is 27.0. The molecule has 4 heterocycles. The molecule has 2 aliphatic heterocycles. The van der Waals surface area contributed by atoms with Gasteiger partial charge in [-0.2, -0.15) is 0 Å². The molecule has 0 spiro atoms. The Morgan fingerprint density at radius 3 is 2.28 bits per heavy atom. The minimum absolute atomic E-state index is 0.0323. The molecular weight excluding hydrogens is 604 g/mol. The maximum atomic E-state index is 14.3. The maximum absolute atomic E-state index is 14.3. The van der Waals surface area contributed by atoms with Crippen LogP contribution in [-0.2, 0) is 20.9 Å². The van der Waals surface area contributed by atoms with Gasteiger partial charge in [-0.1, -0.05) is 6.92 Å². The second-order valence-corrected chi connectivity index (χ2v) is 12.9. The predicted octanol–water partition coefficient (Wildman–Crippen LogP) is 4.11. The molecule has 7 rings (SSSR count). The summed E-state index contributed by atoms with van der Waals surface area (Å²) in [6.45, 7) is 2.91. The number of nitrogens with zero attached hydrogens (tertiary/aromatic N) is 4. The van der Waals surface area contributed by atoms with E-state index < -0.39 is 0 Å². The molecule has 0 N–H and O–H groups in total. The van der Waals surface area contributed by atoms with Crippen molar-refractivity contribution in [2.75, 3.05) is 41.1 Å². The Labute approximate surface area is 271 Å². The van der Waals surface area contributed by atoms with Crippen LogP contribution in [-0.4, -0.2) is 78.2 Å². The lowest BCUT2D eigenvalue weighted by Crippen LogP contribution is -2.40. The van der Waals surface area contributed by atoms with Crippen molar-refractivity contribution in [3.05, 3.63) is 40.8 Å². The van der Waals surface area contributed by atoms with Gasteiger partial charge in [0.25, 0.3) is 5.56 Å². The normalized spacial score (nSPS) is 20.9. The van der Waals surface area contributed by atoms with Gasteiger partial charge in [0, 0.05) is 73.4 Å². The predicted molar refractivity (Wildman–Crippen MR) is 174 cm³/mol. The number of likely N-dealkylation sites (N-methyl/N-ethyl adjacent to an activating group) is 1. The quantitative estimate of drug-likeness (QED) is 0.206. The highest BCUT2D eigenvalue weighted by molar-refractivity contribution is 6.15. The van der Waals surface area contributed by atoms with Crippen LogP contribution >= 0.6 is 0 Å². The molecular formula is C35H38N4O8. The summed E-state index contributed by atoms with van der Waals surface area (Å²) >= 11 is 0. The fourth-order valence-corrected chi connectivity index (χ4v) is 7.36. The number of pyridine rings is 2. The molecule has 1 aliphatic carbocycles. The van der Waals surface area contributed by atoms with Crippen LogP contribution in [0.3, 0.4) is 0 Å². The zero-order chi connectivity index (χ0) is 33.0. The molecule has 1 saturated heterocycles. The second kappa shape index (κ2) is 12.1. The Bertz CT molecular complexity index is 2000. The van der Waals surface area contributed by atoms with Gasteiger partial charge in [-0.25, -0.2) is 0 Å².